The summed E-state index contributed by atoms with van der Waals surface area (Å²) in [5.41, 5.74) is 1.30. The number of amides is 2. The highest BCUT2D eigenvalue weighted by atomic mass is 79.9. The summed E-state index contributed by atoms with van der Waals surface area (Å²) in [5, 5.41) is 10.1. The number of anilines is 2. The number of benzene rings is 2. The quantitative estimate of drug-likeness (QED) is 0.586. The van der Waals surface area contributed by atoms with E-state index < -0.39 is 6.04 Å². The van der Waals surface area contributed by atoms with Crippen molar-refractivity contribution in [3.8, 4) is 5.75 Å². The van der Waals surface area contributed by atoms with E-state index in [4.69, 9.17) is 16.3 Å². The Labute approximate surface area is 179 Å². The number of fused-ring (bicyclic) bond motifs is 1. The number of hydrogen-bond donors (Lipinski definition) is 2. The summed E-state index contributed by atoms with van der Waals surface area (Å²) >= 11 is 9.38. The van der Waals surface area contributed by atoms with Crippen LogP contribution in [-0.4, -0.2) is 33.2 Å². The lowest BCUT2D eigenvalue weighted by Crippen LogP contribution is -2.30. The Kier molecular flexibility index (Phi) is 5.50. The summed E-state index contributed by atoms with van der Waals surface area (Å²) in [7, 11) is 0. The maximum Gasteiger partial charge on any atom is 0.262 e. The first kappa shape index (κ1) is 19.4. The van der Waals surface area contributed by atoms with Crippen molar-refractivity contribution in [1.82, 2.24) is 14.8 Å². The molecule has 0 radical (unpaired) electrons. The van der Waals surface area contributed by atoms with Gasteiger partial charge in [-0.05, 0) is 36.4 Å². The summed E-state index contributed by atoms with van der Waals surface area (Å²) in [6.45, 7) is -0.204. The van der Waals surface area contributed by atoms with E-state index in [-0.39, 0.29) is 24.8 Å². The molecule has 0 saturated heterocycles. The predicted octanol–water partition coefficient (Wildman–Crippen LogP) is 3.64. The Balaban J connectivity index is 1.54. The standard InChI is InChI=1S/C19H15BrClN5O3/c20-11-4-5-16(29-9-18(28)24-13-3-1-2-12(21)7-13)14(6-11)15-8-17(27)25-19-22-10-23-26(15)19/h1-7,10,15H,8-9H2,(H,24,28)(H,22,23,25,27). The van der Waals surface area contributed by atoms with Crippen LogP contribution in [0.5, 0.6) is 5.75 Å². The average molecular weight is 477 g/mol. The van der Waals surface area contributed by atoms with Crippen molar-refractivity contribution in [2.24, 2.45) is 0 Å². The van der Waals surface area contributed by atoms with Gasteiger partial charge in [0.2, 0.25) is 11.9 Å². The van der Waals surface area contributed by atoms with E-state index in [2.05, 4.69) is 36.6 Å². The van der Waals surface area contributed by atoms with Crippen molar-refractivity contribution in [2.45, 2.75) is 12.5 Å². The number of nitrogens with zero attached hydrogens (tertiary/aromatic N) is 3. The number of rotatable bonds is 5. The molecule has 1 unspecified atom stereocenters. The third-order valence-corrected chi connectivity index (χ3v) is 5.02. The second-order valence-electron chi connectivity index (χ2n) is 6.33. The molecule has 0 saturated carbocycles. The highest BCUT2D eigenvalue weighted by Gasteiger charge is 2.30. The molecule has 2 N–H and O–H groups in total. The van der Waals surface area contributed by atoms with Crippen molar-refractivity contribution in [2.75, 3.05) is 17.2 Å². The van der Waals surface area contributed by atoms with Crippen molar-refractivity contribution in [3.05, 3.63) is 63.9 Å². The molecule has 1 atom stereocenters. The summed E-state index contributed by atoms with van der Waals surface area (Å²) in [5.74, 6) is 0.357. The molecule has 29 heavy (non-hydrogen) atoms. The zero-order chi connectivity index (χ0) is 20.4. The largest absolute Gasteiger partial charge is 0.483 e. The predicted molar refractivity (Wildman–Crippen MR) is 111 cm³/mol. The summed E-state index contributed by atoms with van der Waals surface area (Å²) in [6, 6.07) is 11.9. The van der Waals surface area contributed by atoms with Crippen molar-refractivity contribution in [1.29, 1.82) is 0 Å². The van der Waals surface area contributed by atoms with E-state index in [1.54, 1.807) is 41.1 Å². The van der Waals surface area contributed by atoms with Crippen molar-refractivity contribution < 1.29 is 14.3 Å². The highest BCUT2D eigenvalue weighted by molar-refractivity contribution is 9.10. The highest BCUT2D eigenvalue weighted by Crippen LogP contribution is 2.36. The molecule has 148 valence electrons. The number of carbonyl (C=O) groups excluding carboxylic acids is 2. The molecule has 0 fully saturated rings. The first-order valence-corrected chi connectivity index (χ1v) is 9.84. The van der Waals surface area contributed by atoms with Gasteiger partial charge in [-0.2, -0.15) is 10.1 Å². The van der Waals surface area contributed by atoms with Gasteiger partial charge >= 0.3 is 0 Å². The van der Waals surface area contributed by atoms with Gasteiger partial charge in [0, 0.05) is 20.7 Å². The molecule has 0 spiro atoms. The molecule has 2 heterocycles. The lowest BCUT2D eigenvalue weighted by atomic mass is 10.0. The lowest BCUT2D eigenvalue weighted by Gasteiger charge is -2.25. The maximum absolute atomic E-state index is 12.3. The molecule has 0 aliphatic carbocycles. The Morgan fingerprint density at radius 2 is 2.21 bits per heavy atom. The number of hydrogen-bond acceptors (Lipinski definition) is 5. The first-order chi connectivity index (χ1) is 14.0. The van der Waals surface area contributed by atoms with Crippen LogP contribution >= 0.6 is 27.5 Å². The molecule has 2 amide bonds. The maximum atomic E-state index is 12.3. The van der Waals surface area contributed by atoms with Crippen LogP contribution in [0.15, 0.2) is 53.3 Å². The minimum absolute atomic E-state index is 0.167. The van der Waals surface area contributed by atoms with Crippen molar-refractivity contribution >= 4 is 51.0 Å². The van der Waals surface area contributed by atoms with Crippen molar-refractivity contribution in [3.63, 3.8) is 0 Å². The summed E-state index contributed by atoms with van der Waals surface area (Å²) < 4.78 is 8.22. The van der Waals surface area contributed by atoms with Gasteiger partial charge in [0.25, 0.3) is 5.91 Å². The van der Waals surface area contributed by atoms with E-state index in [1.165, 1.54) is 6.33 Å². The summed E-state index contributed by atoms with van der Waals surface area (Å²) in [4.78, 5) is 28.4. The molecule has 1 aliphatic rings. The van der Waals surface area contributed by atoms with Crippen LogP contribution < -0.4 is 15.4 Å². The molecule has 3 aromatic rings. The molecular formula is C19H15BrClN5O3. The molecule has 10 heteroatoms. The van der Waals surface area contributed by atoms with Gasteiger partial charge in [0.1, 0.15) is 12.1 Å². The number of ether oxygens (including phenoxy) is 1. The fraction of sp³-hybridized carbons (Fsp3) is 0.158. The monoisotopic (exact) mass is 475 g/mol. The van der Waals surface area contributed by atoms with E-state index in [0.717, 1.165) is 10.0 Å². The third kappa shape index (κ3) is 4.41. The zero-order valence-electron chi connectivity index (χ0n) is 14.9. The minimum Gasteiger partial charge on any atom is -0.483 e. The van der Waals surface area contributed by atoms with Crippen LogP contribution in [0, 0.1) is 0 Å². The number of carbonyl (C=O) groups is 2. The summed E-state index contributed by atoms with van der Waals surface area (Å²) in [6.07, 6.45) is 1.56. The number of halogens is 2. The van der Waals surface area contributed by atoms with Crippen LogP contribution in [0.1, 0.15) is 18.0 Å². The Morgan fingerprint density at radius 3 is 3.03 bits per heavy atom. The van der Waals surface area contributed by atoms with Gasteiger partial charge in [0.15, 0.2) is 6.61 Å². The number of nitrogens with one attached hydrogen (secondary N) is 2. The molecule has 1 aromatic heterocycles. The van der Waals surface area contributed by atoms with Gasteiger partial charge < -0.3 is 10.1 Å². The topological polar surface area (TPSA) is 98.1 Å². The van der Waals surface area contributed by atoms with E-state index in [1.807, 2.05) is 6.07 Å². The Morgan fingerprint density at radius 1 is 1.34 bits per heavy atom. The van der Waals surface area contributed by atoms with Crippen LogP contribution in [0.25, 0.3) is 0 Å². The molecule has 4 rings (SSSR count). The molecule has 8 nitrogen and oxygen atoms in total. The fourth-order valence-corrected chi connectivity index (χ4v) is 3.63. The minimum atomic E-state index is -0.398. The molecule has 2 aromatic carbocycles. The molecule has 0 bridgehead atoms. The van der Waals surface area contributed by atoms with Crippen LogP contribution in [0.4, 0.5) is 11.6 Å². The average Bonchev–Trinajstić information content (AvgIpc) is 3.14. The molecule has 1 aliphatic heterocycles. The molecular weight excluding hydrogens is 462 g/mol. The van der Waals surface area contributed by atoms with Gasteiger partial charge in [-0.25, -0.2) is 4.68 Å². The van der Waals surface area contributed by atoms with Gasteiger partial charge in [-0.3, -0.25) is 14.9 Å². The van der Waals surface area contributed by atoms with Crippen LogP contribution in [-0.2, 0) is 9.59 Å². The Bertz CT molecular complexity index is 1090. The van der Waals surface area contributed by atoms with Crippen LogP contribution in [0.3, 0.4) is 0 Å². The SMILES string of the molecule is O=C(COc1ccc(Br)cc1C1CC(=O)Nc2ncnn21)Nc1cccc(Cl)c1. The second kappa shape index (κ2) is 8.22. The van der Waals surface area contributed by atoms with E-state index >= 15 is 0 Å². The van der Waals surface area contributed by atoms with Gasteiger partial charge in [-0.15, -0.1) is 0 Å². The Hall–Kier alpha value is -2.91. The second-order valence-corrected chi connectivity index (χ2v) is 7.68. The lowest BCUT2D eigenvalue weighted by molar-refractivity contribution is -0.118. The zero-order valence-corrected chi connectivity index (χ0v) is 17.3. The van der Waals surface area contributed by atoms with Gasteiger partial charge in [-0.1, -0.05) is 33.6 Å². The first-order valence-electron chi connectivity index (χ1n) is 8.66. The fourth-order valence-electron chi connectivity index (χ4n) is 3.06. The van der Waals surface area contributed by atoms with Crippen LogP contribution in [0.2, 0.25) is 5.02 Å². The van der Waals surface area contributed by atoms with Gasteiger partial charge in [0.05, 0.1) is 12.5 Å². The van der Waals surface area contributed by atoms with E-state index in [0.29, 0.717) is 22.4 Å². The van der Waals surface area contributed by atoms with E-state index in [9.17, 15) is 9.59 Å². The normalized spacial score (nSPS) is 15.4. The third-order valence-electron chi connectivity index (χ3n) is 4.30. The smallest absolute Gasteiger partial charge is 0.262 e. The number of aromatic nitrogens is 3.